The van der Waals surface area contributed by atoms with Gasteiger partial charge in [-0.15, -0.1) is 0 Å². The molecule has 0 aromatic carbocycles. The lowest BCUT2D eigenvalue weighted by Gasteiger charge is -2.32. The number of piperidine rings is 1. The first-order valence-corrected chi connectivity index (χ1v) is 7.32. The van der Waals surface area contributed by atoms with Gasteiger partial charge in [0.05, 0.1) is 6.54 Å². The van der Waals surface area contributed by atoms with Crippen LogP contribution in [-0.2, 0) is 6.54 Å². The zero-order valence-corrected chi connectivity index (χ0v) is 11.6. The molecule has 0 atom stereocenters. The number of likely N-dealkylation sites (tertiary alicyclic amines) is 1. The van der Waals surface area contributed by atoms with Crippen molar-refractivity contribution in [3.63, 3.8) is 0 Å². The molecular weight excluding hydrogens is 280 g/mol. The number of halogens is 1. The van der Waals surface area contributed by atoms with Crippen molar-refractivity contribution in [1.82, 2.24) is 10.2 Å². The Balaban J connectivity index is 1.41. The van der Waals surface area contributed by atoms with E-state index < -0.39 is 0 Å². The average Bonchev–Trinajstić information content (AvgIpc) is 3.11. The molecule has 0 unspecified atom stereocenters. The van der Waals surface area contributed by atoms with E-state index in [0.717, 1.165) is 23.0 Å². The molecule has 0 radical (unpaired) electrons. The largest absolute Gasteiger partial charge is 0.453 e. The molecule has 1 aromatic heterocycles. The Hall–Kier alpha value is -0.320. The molecule has 1 saturated heterocycles. The molecular formula is C13H19BrN2O. The Morgan fingerprint density at radius 2 is 2.00 bits per heavy atom. The fourth-order valence-electron chi connectivity index (χ4n) is 2.60. The summed E-state index contributed by atoms with van der Waals surface area (Å²) in [5.41, 5.74) is 0. The fourth-order valence-corrected chi connectivity index (χ4v) is 2.94. The van der Waals surface area contributed by atoms with Crippen molar-refractivity contribution in [1.29, 1.82) is 0 Å². The molecule has 17 heavy (non-hydrogen) atoms. The van der Waals surface area contributed by atoms with E-state index in [1.165, 1.54) is 38.8 Å². The topological polar surface area (TPSA) is 28.4 Å². The van der Waals surface area contributed by atoms with E-state index in [1.807, 2.05) is 12.1 Å². The Morgan fingerprint density at radius 1 is 1.24 bits per heavy atom. The summed E-state index contributed by atoms with van der Waals surface area (Å²) >= 11 is 3.33. The maximum Gasteiger partial charge on any atom is 0.169 e. The van der Waals surface area contributed by atoms with E-state index in [9.17, 15) is 0 Å². The van der Waals surface area contributed by atoms with Crippen LogP contribution >= 0.6 is 15.9 Å². The molecule has 0 spiro atoms. The summed E-state index contributed by atoms with van der Waals surface area (Å²) in [4.78, 5) is 2.65. The second kappa shape index (κ2) is 5.12. The molecule has 1 saturated carbocycles. The molecule has 2 fully saturated rings. The second-order valence-electron chi connectivity index (χ2n) is 5.13. The van der Waals surface area contributed by atoms with Gasteiger partial charge >= 0.3 is 0 Å². The number of rotatable bonds is 4. The minimum Gasteiger partial charge on any atom is -0.453 e. The molecule has 0 amide bonds. The molecule has 2 heterocycles. The number of furan rings is 1. The number of nitrogens with zero attached hydrogens (tertiary/aromatic N) is 1. The Kier molecular flexibility index (Phi) is 3.54. The number of hydrogen-bond acceptors (Lipinski definition) is 3. The highest BCUT2D eigenvalue weighted by Crippen LogP contribution is 2.29. The summed E-state index contributed by atoms with van der Waals surface area (Å²) < 4.78 is 6.31. The first-order chi connectivity index (χ1) is 8.31. The molecule has 4 heteroatoms. The summed E-state index contributed by atoms with van der Waals surface area (Å²) in [7, 11) is 0. The molecule has 3 nitrogen and oxygen atoms in total. The maximum absolute atomic E-state index is 5.49. The van der Waals surface area contributed by atoms with Gasteiger partial charge in [0.2, 0.25) is 0 Å². The van der Waals surface area contributed by atoms with Gasteiger partial charge in [-0.25, -0.2) is 0 Å². The fraction of sp³-hybridized carbons (Fsp3) is 0.692. The lowest BCUT2D eigenvalue weighted by Crippen LogP contribution is -2.43. The van der Waals surface area contributed by atoms with Crippen molar-refractivity contribution in [3.05, 3.63) is 22.6 Å². The van der Waals surface area contributed by atoms with Crippen molar-refractivity contribution >= 4 is 15.9 Å². The monoisotopic (exact) mass is 298 g/mol. The van der Waals surface area contributed by atoms with Gasteiger partial charge in [0, 0.05) is 12.1 Å². The lowest BCUT2D eigenvalue weighted by molar-refractivity contribution is 0.187. The molecule has 1 aliphatic carbocycles. The third kappa shape index (κ3) is 3.12. The summed E-state index contributed by atoms with van der Waals surface area (Å²) in [6, 6.07) is 5.56. The van der Waals surface area contributed by atoms with Crippen LogP contribution in [0.2, 0.25) is 0 Å². The van der Waals surface area contributed by atoms with Gasteiger partial charge < -0.3 is 14.6 Å². The zero-order valence-electron chi connectivity index (χ0n) is 9.99. The first-order valence-electron chi connectivity index (χ1n) is 6.53. The van der Waals surface area contributed by atoms with Crippen LogP contribution < -0.4 is 5.32 Å². The molecule has 2 aliphatic rings. The highest BCUT2D eigenvalue weighted by Gasteiger charge is 2.31. The molecule has 3 rings (SSSR count). The minimum atomic E-state index is 0.661. The van der Waals surface area contributed by atoms with Crippen LogP contribution in [0.3, 0.4) is 0 Å². The van der Waals surface area contributed by atoms with Gasteiger partial charge in [-0.3, -0.25) is 0 Å². The minimum absolute atomic E-state index is 0.661. The zero-order chi connectivity index (χ0) is 11.7. The van der Waals surface area contributed by atoms with Gasteiger partial charge in [-0.1, -0.05) is 0 Å². The van der Waals surface area contributed by atoms with Gasteiger partial charge in [-0.05, 0) is 66.8 Å². The van der Waals surface area contributed by atoms with Crippen molar-refractivity contribution in [3.8, 4) is 0 Å². The van der Waals surface area contributed by atoms with E-state index in [-0.39, 0.29) is 0 Å². The third-order valence-electron chi connectivity index (χ3n) is 3.79. The highest BCUT2D eigenvalue weighted by molar-refractivity contribution is 9.10. The van der Waals surface area contributed by atoms with Crippen molar-refractivity contribution < 1.29 is 4.42 Å². The van der Waals surface area contributed by atoms with E-state index in [0.29, 0.717) is 6.04 Å². The molecule has 1 aromatic rings. The predicted octanol–water partition coefficient (Wildman–Crippen LogP) is 2.76. The Morgan fingerprint density at radius 3 is 2.59 bits per heavy atom. The van der Waals surface area contributed by atoms with Crippen molar-refractivity contribution in [2.24, 2.45) is 0 Å². The summed E-state index contributed by atoms with van der Waals surface area (Å²) in [5.74, 6) is 1.02. The molecule has 0 bridgehead atoms. The Bertz CT molecular complexity index is 367. The Labute approximate surface area is 111 Å². The van der Waals surface area contributed by atoms with Gasteiger partial charge in [-0.2, -0.15) is 0 Å². The van der Waals surface area contributed by atoms with E-state index >= 15 is 0 Å². The van der Waals surface area contributed by atoms with Crippen LogP contribution in [0.15, 0.2) is 21.2 Å². The van der Waals surface area contributed by atoms with Gasteiger partial charge in [0.1, 0.15) is 5.76 Å². The third-order valence-corrected chi connectivity index (χ3v) is 4.21. The average molecular weight is 299 g/mol. The van der Waals surface area contributed by atoms with Crippen LogP contribution in [0.5, 0.6) is 0 Å². The summed E-state index contributed by atoms with van der Waals surface area (Å²) in [5, 5.41) is 3.59. The van der Waals surface area contributed by atoms with Crippen LogP contribution in [0.25, 0.3) is 0 Å². The quantitative estimate of drug-likeness (QED) is 0.926. The highest BCUT2D eigenvalue weighted by atomic mass is 79.9. The lowest BCUT2D eigenvalue weighted by atomic mass is 10.0. The predicted molar refractivity (Wildman–Crippen MR) is 70.9 cm³/mol. The normalized spacial score (nSPS) is 23.1. The maximum atomic E-state index is 5.49. The van der Waals surface area contributed by atoms with E-state index in [4.69, 9.17) is 4.42 Å². The van der Waals surface area contributed by atoms with Gasteiger partial charge in [0.25, 0.3) is 0 Å². The van der Waals surface area contributed by atoms with Crippen LogP contribution in [-0.4, -0.2) is 30.1 Å². The van der Waals surface area contributed by atoms with Crippen molar-refractivity contribution in [2.75, 3.05) is 13.1 Å². The molecule has 1 N–H and O–H groups in total. The van der Waals surface area contributed by atoms with Crippen molar-refractivity contribution in [2.45, 2.75) is 44.3 Å². The smallest absolute Gasteiger partial charge is 0.169 e. The van der Waals surface area contributed by atoms with Crippen LogP contribution in [0.4, 0.5) is 0 Å². The number of hydrogen-bond donors (Lipinski definition) is 1. The first kappa shape index (κ1) is 11.8. The SMILES string of the molecule is Brc1ccc(CNC2CCN(C3CC3)CC2)o1. The molecule has 1 aliphatic heterocycles. The van der Waals surface area contributed by atoms with E-state index in [2.05, 4.69) is 26.1 Å². The summed E-state index contributed by atoms with van der Waals surface area (Å²) in [6.07, 6.45) is 5.41. The number of nitrogens with one attached hydrogen (secondary N) is 1. The van der Waals surface area contributed by atoms with Crippen LogP contribution in [0.1, 0.15) is 31.4 Å². The van der Waals surface area contributed by atoms with E-state index in [1.54, 1.807) is 0 Å². The molecule has 94 valence electrons. The second-order valence-corrected chi connectivity index (χ2v) is 5.91. The van der Waals surface area contributed by atoms with Gasteiger partial charge in [0.15, 0.2) is 4.67 Å². The summed E-state index contributed by atoms with van der Waals surface area (Å²) in [6.45, 7) is 3.38. The standard InChI is InChI=1S/C13H19BrN2O/c14-13-4-3-12(17-13)9-15-10-5-7-16(8-6-10)11-1-2-11/h3-4,10-11,15H,1-2,5-9H2. The van der Waals surface area contributed by atoms with Crippen LogP contribution in [0, 0.1) is 0 Å².